The molecule has 0 aliphatic carbocycles. The predicted octanol–water partition coefficient (Wildman–Crippen LogP) is 4.10. The molecule has 0 heterocycles. The second-order valence-corrected chi connectivity index (χ2v) is 3.87. The average Bonchev–Trinajstić information content (AvgIpc) is 2.26. The van der Waals surface area contributed by atoms with E-state index in [1.807, 2.05) is 0 Å². The van der Waals surface area contributed by atoms with Gasteiger partial charge in [-0.1, -0.05) is 50.3 Å². The van der Waals surface area contributed by atoms with Crippen LogP contribution in [0.1, 0.15) is 49.8 Å². The van der Waals surface area contributed by atoms with Gasteiger partial charge < -0.3 is 0 Å². The summed E-state index contributed by atoms with van der Waals surface area (Å²) >= 11 is 0. The third-order valence-corrected chi connectivity index (χ3v) is 2.61. The lowest BCUT2D eigenvalue weighted by Gasteiger charge is -2.04. The van der Waals surface area contributed by atoms with E-state index in [1.165, 1.54) is 29.5 Å². The maximum absolute atomic E-state index is 3.32. The molecule has 1 aromatic rings. The second kappa shape index (κ2) is 6.30. The van der Waals surface area contributed by atoms with E-state index in [-0.39, 0.29) is 0 Å². The number of hydrogen-bond acceptors (Lipinski definition) is 0. The summed E-state index contributed by atoms with van der Waals surface area (Å²) < 4.78 is 0. The lowest BCUT2D eigenvalue weighted by atomic mass is 10.0. The molecule has 0 bridgehead atoms. The highest BCUT2D eigenvalue weighted by atomic mass is 14.0. The van der Waals surface area contributed by atoms with E-state index in [0.29, 0.717) is 0 Å². The highest BCUT2D eigenvalue weighted by Gasteiger charge is 1.99. The number of aryl methyl sites for hydroxylation is 2. The Morgan fingerprint density at radius 1 is 1.20 bits per heavy atom. The van der Waals surface area contributed by atoms with Gasteiger partial charge in [0.15, 0.2) is 0 Å². The second-order valence-electron chi connectivity index (χ2n) is 3.87. The standard InChI is InChI=1S/C15H20/c1-4-6-7-8-12-15-13(3)10-9-11-14(15)5-2/h9-11H,4-7H2,1-3H3. The summed E-state index contributed by atoms with van der Waals surface area (Å²) in [5.41, 5.74) is 3.92. The smallest absolute Gasteiger partial charge is 0.0306 e. The minimum atomic E-state index is 1.02. The highest BCUT2D eigenvalue weighted by Crippen LogP contribution is 2.13. The first kappa shape index (κ1) is 11.9. The SMILES string of the molecule is CCCCC#Cc1c(C)cccc1CC. The Kier molecular flexibility index (Phi) is 4.98. The van der Waals surface area contributed by atoms with Crippen molar-refractivity contribution in [3.8, 4) is 11.8 Å². The number of benzene rings is 1. The highest BCUT2D eigenvalue weighted by molar-refractivity contribution is 5.46. The van der Waals surface area contributed by atoms with Crippen LogP contribution in [0.4, 0.5) is 0 Å². The molecule has 0 saturated carbocycles. The Balaban J connectivity index is 2.85. The lowest BCUT2D eigenvalue weighted by molar-refractivity contribution is 0.828. The van der Waals surface area contributed by atoms with Gasteiger partial charge in [-0.15, -0.1) is 0 Å². The fourth-order valence-electron chi connectivity index (χ4n) is 1.62. The Hall–Kier alpha value is -1.22. The van der Waals surface area contributed by atoms with Gasteiger partial charge in [-0.05, 0) is 30.9 Å². The molecule has 0 atom stereocenters. The third-order valence-electron chi connectivity index (χ3n) is 2.61. The summed E-state index contributed by atoms with van der Waals surface area (Å²) in [4.78, 5) is 0. The average molecular weight is 200 g/mol. The van der Waals surface area contributed by atoms with E-state index in [9.17, 15) is 0 Å². The fourth-order valence-corrected chi connectivity index (χ4v) is 1.62. The van der Waals surface area contributed by atoms with Crippen LogP contribution < -0.4 is 0 Å². The molecule has 80 valence electrons. The largest absolute Gasteiger partial charge is 0.0979 e. The fraction of sp³-hybridized carbons (Fsp3) is 0.467. The molecule has 0 N–H and O–H groups in total. The van der Waals surface area contributed by atoms with Gasteiger partial charge >= 0.3 is 0 Å². The van der Waals surface area contributed by atoms with Gasteiger partial charge in [0, 0.05) is 12.0 Å². The molecule has 0 aliphatic rings. The van der Waals surface area contributed by atoms with Crippen LogP contribution in [0.3, 0.4) is 0 Å². The van der Waals surface area contributed by atoms with Crippen molar-refractivity contribution >= 4 is 0 Å². The summed E-state index contributed by atoms with van der Waals surface area (Å²) in [5, 5.41) is 0. The first-order valence-electron chi connectivity index (χ1n) is 5.87. The Morgan fingerprint density at radius 2 is 2.00 bits per heavy atom. The van der Waals surface area contributed by atoms with Crippen molar-refractivity contribution in [3.05, 3.63) is 34.9 Å². The molecule has 1 aromatic carbocycles. The quantitative estimate of drug-likeness (QED) is 0.509. The number of hydrogen-bond donors (Lipinski definition) is 0. The minimum absolute atomic E-state index is 1.02. The molecule has 0 nitrogen and oxygen atoms in total. The molecule has 0 aromatic heterocycles. The van der Waals surface area contributed by atoms with Crippen LogP contribution in [0.15, 0.2) is 18.2 Å². The number of rotatable bonds is 3. The van der Waals surface area contributed by atoms with Crippen LogP contribution in [-0.2, 0) is 6.42 Å². The zero-order valence-corrected chi connectivity index (χ0v) is 10.1. The zero-order valence-electron chi connectivity index (χ0n) is 10.1. The van der Waals surface area contributed by atoms with Crippen LogP contribution in [0, 0.1) is 18.8 Å². The Labute approximate surface area is 93.7 Å². The normalized spacial score (nSPS) is 9.53. The molecule has 0 saturated heterocycles. The topological polar surface area (TPSA) is 0 Å². The first-order valence-corrected chi connectivity index (χ1v) is 5.87. The molecule has 0 unspecified atom stereocenters. The van der Waals surface area contributed by atoms with Crippen LogP contribution in [0.2, 0.25) is 0 Å². The summed E-state index contributed by atoms with van der Waals surface area (Å²) in [5.74, 6) is 6.59. The van der Waals surface area contributed by atoms with Crippen molar-refractivity contribution in [2.45, 2.75) is 46.5 Å². The van der Waals surface area contributed by atoms with E-state index < -0.39 is 0 Å². The van der Waals surface area contributed by atoms with Crippen LogP contribution in [-0.4, -0.2) is 0 Å². The monoisotopic (exact) mass is 200 g/mol. The first-order chi connectivity index (χ1) is 7.29. The third kappa shape index (κ3) is 3.44. The van der Waals surface area contributed by atoms with E-state index in [1.54, 1.807) is 0 Å². The van der Waals surface area contributed by atoms with Crippen molar-refractivity contribution in [2.24, 2.45) is 0 Å². The summed E-state index contributed by atoms with van der Waals surface area (Å²) in [6.07, 6.45) is 4.52. The summed E-state index contributed by atoms with van der Waals surface area (Å²) in [6.45, 7) is 6.53. The van der Waals surface area contributed by atoms with E-state index >= 15 is 0 Å². The van der Waals surface area contributed by atoms with Crippen molar-refractivity contribution in [3.63, 3.8) is 0 Å². The van der Waals surface area contributed by atoms with E-state index in [4.69, 9.17) is 0 Å². The van der Waals surface area contributed by atoms with Crippen molar-refractivity contribution in [2.75, 3.05) is 0 Å². The summed E-state index contributed by atoms with van der Waals surface area (Å²) in [7, 11) is 0. The molecule has 0 fully saturated rings. The molecule has 15 heavy (non-hydrogen) atoms. The predicted molar refractivity (Wildman–Crippen MR) is 67.0 cm³/mol. The summed E-state index contributed by atoms with van der Waals surface area (Å²) in [6, 6.07) is 6.44. The van der Waals surface area contributed by atoms with Gasteiger partial charge in [-0.2, -0.15) is 0 Å². The molecule has 0 aliphatic heterocycles. The molecular formula is C15H20. The lowest BCUT2D eigenvalue weighted by Crippen LogP contribution is -1.90. The van der Waals surface area contributed by atoms with Gasteiger partial charge in [-0.25, -0.2) is 0 Å². The van der Waals surface area contributed by atoms with Crippen LogP contribution in [0.5, 0.6) is 0 Å². The molecule has 1 rings (SSSR count). The molecule has 0 radical (unpaired) electrons. The maximum atomic E-state index is 3.32. The van der Waals surface area contributed by atoms with Crippen molar-refractivity contribution in [1.29, 1.82) is 0 Å². The maximum Gasteiger partial charge on any atom is 0.0306 e. The van der Waals surface area contributed by atoms with Gasteiger partial charge in [0.2, 0.25) is 0 Å². The van der Waals surface area contributed by atoms with E-state index in [0.717, 1.165) is 12.8 Å². The van der Waals surface area contributed by atoms with E-state index in [2.05, 4.69) is 50.8 Å². The van der Waals surface area contributed by atoms with Gasteiger partial charge in [0.05, 0.1) is 0 Å². The van der Waals surface area contributed by atoms with Crippen molar-refractivity contribution in [1.82, 2.24) is 0 Å². The van der Waals surface area contributed by atoms with Gasteiger partial charge in [-0.3, -0.25) is 0 Å². The minimum Gasteiger partial charge on any atom is -0.0979 e. The van der Waals surface area contributed by atoms with Crippen LogP contribution >= 0.6 is 0 Å². The van der Waals surface area contributed by atoms with Crippen molar-refractivity contribution < 1.29 is 0 Å². The molecule has 0 heteroatoms. The zero-order chi connectivity index (χ0) is 11.1. The van der Waals surface area contributed by atoms with Gasteiger partial charge in [0.25, 0.3) is 0 Å². The molecule has 0 spiro atoms. The number of unbranched alkanes of at least 4 members (excludes halogenated alkanes) is 2. The molecule has 0 amide bonds. The Bertz CT molecular complexity index is 363. The van der Waals surface area contributed by atoms with Gasteiger partial charge in [0.1, 0.15) is 0 Å². The van der Waals surface area contributed by atoms with Crippen LogP contribution in [0.25, 0.3) is 0 Å². The molecular weight excluding hydrogens is 180 g/mol. The Morgan fingerprint density at radius 3 is 2.67 bits per heavy atom.